The molecule has 0 rings (SSSR count). The summed E-state index contributed by atoms with van der Waals surface area (Å²) in [6.45, 7) is 6.43. The lowest BCUT2D eigenvalue weighted by Crippen LogP contribution is -2.26. The van der Waals surface area contributed by atoms with Gasteiger partial charge >= 0.3 is 0 Å². The number of hydrogen-bond donors (Lipinski definition) is 2. The van der Waals surface area contributed by atoms with Gasteiger partial charge in [0.2, 0.25) is 0 Å². The van der Waals surface area contributed by atoms with Gasteiger partial charge in [-0.05, 0) is 59.0 Å². The summed E-state index contributed by atoms with van der Waals surface area (Å²) in [5, 5.41) is 3.44. The minimum absolute atomic E-state index is 0.712. The Hall–Kier alpha value is -0.120. The Morgan fingerprint density at radius 1 is 1.38 bits per heavy atom. The average Bonchev–Trinajstić information content (AvgIpc) is 2.03. The molecule has 0 aromatic carbocycles. The third kappa shape index (κ3) is 9.80. The first-order valence-electron chi connectivity index (χ1n) is 5.22. The molecule has 0 saturated carbocycles. The summed E-state index contributed by atoms with van der Waals surface area (Å²) in [4.78, 5) is 2.21. The number of rotatable bonds is 8. The van der Waals surface area contributed by atoms with Gasteiger partial charge in [-0.3, -0.25) is 0 Å². The predicted molar refractivity (Wildman–Crippen MR) is 58.9 cm³/mol. The zero-order chi connectivity index (χ0) is 10.1. The highest BCUT2D eigenvalue weighted by atomic mass is 15.0. The van der Waals surface area contributed by atoms with Crippen LogP contribution < -0.4 is 11.1 Å². The van der Waals surface area contributed by atoms with E-state index in [0.717, 1.165) is 32.6 Å². The van der Waals surface area contributed by atoms with Crippen molar-refractivity contribution < 1.29 is 0 Å². The van der Waals surface area contributed by atoms with Crippen molar-refractivity contribution in [3.8, 4) is 0 Å². The third-order valence-electron chi connectivity index (χ3n) is 2.11. The second-order valence-electron chi connectivity index (χ2n) is 4.04. The highest BCUT2D eigenvalue weighted by Gasteiger charge is 1.98. The van der Waals surface area contributed by atoms with Crippen LogP contribution in [0.2, 0.25) is 0 Å². The third-order valence-corrected chi connectivity index (χ3v) is 2.11. The molecule has 1 atom stereocenters. The molecule has 80 valence electrons. The highest BCUT2D eigenvalue weighted by molar-refractivity contribution is 4.58. The van der Waals surface area contributed by atoms with Crippen molar-refractivity contribution in [3.05, 3.63) is 0 Å². The molecule has 0 amide bonds. The molecule has 0 heterocycles. The van der Waals surface area contributed by atoms with Crippen LogP contribution in [-0.4, -0.2) is 45.2 Å². The van der Waals surface area contributed by atoms with E-state index in [0.29, 0.717) is 5.92 Å². The maximum absolute atomic E-state index is 5.47. The lowest BCUT2D eigenvalue weighted by molar-refractivity contribution is 0.388. The molecule has 0 aliphatic rings. The maximum atomic E-state index is 5.47. The first-order chi connectivity index (χ1) is 6.16. The molecule has 0 bridgehead atoms. The lowest BCUT2D eigenvalue weighted by Gasteiger charge is -2.12. The summed E-state index contributed by atoms with van der Waals surface area (Å²) < 4.78 is 0. The van der Waals surface area contributed by atoms with Crippen LogP contribution in [0.25, 0.3) is 0 Å². The molecule has 3 heteroatoms. The van der Waals surface area contributed by atoms with Crippen molar-refractivity contribution in [2.45, 2.75) is 19.8 Å². The molecule has 0 radical (unpaired) electrons. The molecule has 3 N–H and O–H groups in total. The molecule has 3 nitrogen and oxygen atoms in total. The highest BCUT2D eigenvalue weighted by Crippen LogP contribution is 1.96. The van der Waals surface area contributed by atoms with E-state index in [-0.39, 0.29) is 0 Å². The van der Waals surface area contributed by atoms with Gasteiger partial charge in [-0.15, -0.1) is 0 Å². The molecule has 13 heavy (non-hydrogen) atoms. The first-order valence-corrected chi connectivity index (χ1v) is 5.22. The van der Waals surface area contributed by atoms with Crippen LogP contribution in [0.3, 0.4) is 0 Å². The van der Waals surface area contributed by atoms with Crippen LogP contribution in [0.15, 0.2) is 0 Å². The average molecular weight is 187 g/mol. The van der Waals surface area contributed by atoms with Crippen molar-refractivity contribution in [3.63, 3.8) is 0 Å². The Morgan fingerprint density at radius 2 is 2.08 bits per heavy atom. The summed E-state index contributed by atoms with van der Waals surface area (Å²) in [5.41, 5.74) is 5.47. The number of nitrogens with two attached hydrogens (primary N) is 1. The van der Waals surface area contributed by atoms with E-state index in [1.807, 2.05) is 0 Å². The van der Waals surface area contributed by atoms with Gasteiger partial charge in [0.15, 0.2) is 0 Å². The van der Waals surface area contributed by atoms with Crippen molar-refractivity contribution in [2.24, 2.45) is 11.7 Å². The quantitative estimate of drug-likeness (QED) is 0.544. The second-order valence-corrected chi connectivity index (χ2v) is 4.04. The van der Waals surface area contributed by atoms with E-state index >= 15 is 0 Å². The first kappa shape index (κ1) is 12.9. The normalized spacial score (nSPS) is 13.6. The van der Waals surface area contributed by atoms with E-state index in [2.05, 4.69) is 31.2 Å². The standard InChI is InChI=1S/C10H25N3/c1-10(5-6-11)9-12-7-4-8-13(2)3/h10,12H,4-9,11H2,1-3H3. The summed E-state index contributed by atoms with van der Waals surface area (Å²) in [6.07, 6.45) is 2.35. The summed E-state index contributed by atoms with van der Waals surface area (Å²) >= 11 is 0. The molecule has 0 aliphatic heterocycles. The summed E-state index contributed by atoms with van der Waals surface area (Å²) in [6, 6.07) is 0. The van der Waals surface area contributed by atoms with Crippen molar-refractivity contribution in [1.29, 1.82) is 0 Å². The largest absolute Gasteiger partial charge is 0.330 e. The Balaban J connectivity index is 3.06. The SMILES string of the molecule is CC(CCN)CNCCCN(C)C. The van der Waals surface area contributed by atoms with Gasteiger partial charge in [0, 0.05) is 0 Å². The van der Waals surface area contributed by atoms with Gasteiger partial charge < -0.3 is 16.0 Å². The van der Waals surface area contributed by atoms with E-state index in [9.17, 15) is 0 Å². The Kier molecular flexibility index (Phi) is 8.40. The van der Waals surface area contributed by atoms with Crippen LogP contribution in [0.4, 0.5) is 0 Å². The van der Waals surface area contributed by atoms with Crippen molar-refractivity contribution in [2.75, 3.05) is 40.3 Å². The van der Waals surface area contributed by atoms with E-state index < -0.39 is 0 Å². The topological polar surface area (TPSA) is 41.3 Å². The van der Waals surface area contributed by atoms with Crippen LogP contribution in [0.1, 0.15) is 19.8 Å². The van der Waals surface area contributed by atoms with Gasteiger partial charge in [0.1, 0.15) is 0 Å². The predicted octanol–water partition coefficient (Wildman–Crippen LogP) is 0.513. The molecule has 0 spiro atoms. The minimum atomic E-state index is 0.712. The van der Waals surface area contributed by atoms with Crippen LogP contribution in [0, 0.1) is 5.92 Å². The fourth-order valence-corrected chi connectivity index (χ4v) is 1.26. The molecule has 1 unspecified atom stereocenters. The molecular formula is C10H25N3. The lowest BCUT2D eigenvalue weighted by atomic mass is 10.1. The summed E-state index contributed by atoms with van der Waals surface area (Å²) in [7, 11) is 4.22. The van der Waals surface area contributed by atoms with Gasteiger partial charge in [-0.25, -0.2) is 0 Å². The molecule has 0 saturated heterocycles. The van der Waals surface area contributed by atoms with E-state index in [1.165, 1.54) is 6.42 Å². The number of nitrogens with zero attached hydrogens (tertiary/aromatic N) is 1. The van der Waals surface area contributed by atoms with Crippen LogP contribution in [-0.2, 0) is 0 Å². The van der Waals surface area contributed by atoms with Gasteiger partial charge in [-0.2, -0.15) is 0 Å². The maximum Gasteiger partial charge on any atom is -0.00127 e. The number of hydrogen-bond acceptors (Lipinski definition) is 3. The van der Waals surface area contributed by atoms with Crippen LogP contribution >= 0.6 is 0 Å². The molecule has 0 aromatic rings. The Morgan fingerprint density at radius 3 is 2.62 bits per heavy atom. The smallest absolute Gasteiger partial charge is 0.00127 e. The van der Waals surface area contributed by atoms with E-state index in [4.69, 9.17) is 5.73 Å². The Bertz CT molecular complexity index is 104. The zero-order valence-corrected chi connectivity index (χ0v) is 9.34. The fourth-order valence-electron chi connectivity index (χ4n) is 1.26. The second kappa shape index (κ2) is 8.48. The van der Waals surface area contributed by atoms with Gasteiger partial charge in [0.25, 0.3) is 0 Å². The van der Waals surface area contributed by atoms with Gasteiger partial charge in [-0.1, -0.05) is 6.92 Å². The molecule has 0 aromatic heterocycles. The zero-order valence-electron chi connectivity index (χ0n) is 9.34. The van der Waals surface area contributed by atoms with Crippen molar-refractivity contribution >= 4 is 0 Å². The molecule has 0 fully saturated rings. The fraction of sp³-hybridized carbons (Fsp3) is 1.00. The molecular weight excluding hydrogens is 162 g/mol. The van der Waals surface area contributed by atoms with Crippen LogP contribution in [0.5, 0.6) is 0 Å². The number of nitrogens with one attached hydrogen (secondary N) is 1. The van der Waals surface area contributed by atoms with Crippen molar-refractivity contribution in [1.82, 2.24) is 10.2 Å². The molecule has 0 aliphatic carbocycles. The minimum Gasteiger partial charge on any atom is -0.330 e. The monoisotopic (exact) mass is 187 g/mol. The summed E-state index contributed by atoms with van der Waals surface area (Å²) in [5.74, 6) is 0.712. The Labute approximate surface area is 82.7 Å². The van der Waals surface area contributed by atoms with Gasteiger partial charge in [0.05, 0.1) is 0 Å². The van der Waals surface area contributed by atoms with E-state index in [1.54, 1.807) is 0 Å².